The summed E-state index contributed by atoms with van der Waals surface area (Å²) in [6.07, 6.45) is 2.19. The number of nitrogens with zero attached hydrogens (tertiary/aromatic N) is 3. The average Bonchev–Trinajstić information content (AvgIpc) is 3.47. The Morgan fingerprint density at radius 2 is 1.34 bits per heavy atom. The lowest BCUT2D eigenvalue weighted by molar-refractivity contribution is 0.415. The van der Waals surface area contributed by atoms with Crippen LogP contribution in [0.25, 0.3) is 45.2 Å². The van der Waals surface area contributed by atoms with Crippen molar-refractivity contribution in [3.8, 4) is 45.2 Å². The third-order valence-electron chi connectivity index (χ3n) is 6.34. The summed E-state index contributed by atoms with van der Waals surface area (Å²) in [6.45, 7) is 2.11. The largest absolute Gasteiger partial charge is 0.497 e. The summed E-state index contributed by atoms with van der Waals surface area (Å²) in [5.41, 5.74) is 8.64. The van der Waals surface area contributed by atoms with Gasteiger partial charge in [0.05, 0.1) is 24.2 Å². The molecule has 35 heavy (non-hydrogen) atoms. The number of ether oxygens (including phenoxy) is 1. The molecule has 0 fully saturated rings. The molecule has 0 unspecified atom stereocenters. The van der Waals surface area contributed by atoms with Crippen LogP contribution >= 0.6 is 0 Å². The van der Waals surface area contributed by atoms with Crippen LogP contribution in [-0.4, -0.2) is 21.1 Å². The van der Waals surface area contributed by atoms with Gasteiger partial charge < -0.3 is 4.74 Å². The highest BCUT2D eigenvalue weighted by atomic mass is 16.5. The molecule has 6 aromatic rings. The van der Waals surface area contributed by atoms with E-state index in [0.717, 1.165) is 51.0 Å². The Labute approximate surface area is 204 Å². The van der Waals surface area contributed by atoms with Crippen molar-refractivity contribution in [2.75, 3.05) is 7.11 Å². The zero-order chi connectivity index (χ0) is 23.8. The van der Waals surface area contributed by atoms with Crippen molar-refractivity contribution in [3.05, 3.63) is 121 Å². The molecular formula is C31H25N3O. The monoisotopic (exact) mass is 455 g/mol. The van der Waals surface area contributed by atoms with Crippen molar-refractivity contribution in [2.24, 2.45) is 0 Å². The quantitative estimate of drug-likeness (QED) is 0.270. The van der Waals surface area contributed by atoms with Gasteiger partial charge in [0, 0.05) is 28.6 Å². The molecule has 0 N–H and O–H groups in total. The molecule has 0 saturated carbocycles. The Bertz CT molecular complexity index is 1610. The van der Waals surface area contributed by atoms with E-state index in [2.05, 4.69) is 107 Å². The van der Waals surface area contributed by atoms with Crippen LogP contribution in [-0.2, 0) is 0 Å². The van der Waals surface area contributed by atoms with Crippen LogP contribution in [0.15, 0.2) is 115 Å². The Balaban J connectivity index is 1.71. The van der Waals surface area contributed by atoms with E-state index in [-0.39, 0.29) is 0 Å². The number of hydrogen-bond acceptors (Lipinski definition) is 2. The Morgan fingerprint density at radius 1 is 0.686 bits per heavy atom. The molecule has 0 amide bonds. The van der Waals surface area contributed by atoms with Gasteiger partial charge in [-0.25, -0.2) is 4.98 Å². The van der Waals surface area contributed by atoms with Gasteiger partial charge in [0.2, 0.25) is 5.78 Å². The van der Waals surface area contributed by atoms with Crippen LogP contribution in [0.4, 0.5) is 0 Å². The molecule has 0 saturated heterocycles. The fourth-order valence-electron chi connectivity index (χ4n) is 4.59. The van der Waals surface area contributed by atoms with Gasteiger partial charge in [0.15, 0.2) is 0 Å². The molecule has 0 bridgehead atoms. The number of rotatable bonds is 5. The van der Waals surface area contributed by atoms with Gasteiger partial charge in [-0.1, -0.05) is 90.5 Å². The first kappa shape index (κ1) is 21.0. The van der Waals surface area contributed by atoms with Crippen molar-refractivity contribution in [3.63, 3.8) is 0 Å². The lowest BCUT2D eigenvalue weighted by Crippen LogP contribution is -1.98. The van der Waals surface area contributed by atoms with Gasteiger partial charge in [-0.05, 0) is 31.2 Å². The molecule has 0 aliphatic heterocycles. The molecule has 0 radical (unpaired) electrons. The first-order chi connectivity index (χ1) is 17.2. The second-order valence-electron chi connectivity index (χ2n) is 8.63. The lowest BCUT2D eigenvalue weighted by atomic mass is 10.0. The van der Waals surface area contributed by atoms with E-state index in [1.807, 2.05) is 24.3 Å². The number of aryl methyl sites for hydroxylation is 1. The predicted octanol–water partition coefficient (Wildman–Crippen LogP) is 7.44. The minimum absolute atomic E-state index is 0.824. The third-order valence-corrected chi connectivity index (χ3v) is 6.34. The maximum atomic E-state index is 5.53. The number of methoxy groups -OCH3 is 1. The smallest absolute Gasteiger partial charge is 0.220 e. The van der Waals surface area contributed by atoms with Gasteiger partial charge in [-0.15, -0.1) is 0 Å². The maximum Gasteiger partial charge on any atom is 0.220 e. The summed E-state index contributed by atoms with van der Waals surface area (Å²) in [5.74, 6) is 1.69. The highest BCUT2D eigenvalue weighted by molar-refractivity contribution is 5.83. The van der Waals surface area contributed by atoms with E-state index in [1.165, 1.54) is 5.56 Å². The predicted molar refractivity (Wildman–Crippen MR) is 142 cm³/mol. The second-order valence-corrected chi connectivity index (χ2v) is 8.63. The van der Waals surface area contributed by atoms with Crippen molar-refractivity contribution in [2.45, 2.75) is 6.92 Å². The summed E-state index contributed by atoms with van der Waals surface area (Å²) in [7, 11) is 1.70. The fraction of sp³-hybridized carbons (Fsp3) is 0.0645. The van der Waals surface area contributed by atoms with Crippen LogP contribution in [0.2, 0.25) is 0 Å². The first-order valence-corrected chi connectivity index (χ1v) is 11.7. The summed E-state index contributed by atoms with van der Waals surface area (Å²) in [4.78, 5) is 5.24. The molecule has 4 nitrogen and oxygen atoms in total. The van der Waals surface area contributed by atoms with E-state index in [0.29, 0.717) is 0 Å². The van der Waals surface area contributed by atoms with E-state index < -0.39 is 0 Å². The molecule has 2 heterocycles. The zero-order valence-electron chi connectivity index (χ0n) is 19.7. The maximum absolute atomic E-state index is 5.53. The lowest BCUT2D eigenvalue weighted by Gasteiger charge is -2.10. The standard InChI is InChI=1S/C31H25N3O/c1-22-16-18-26(19-17-22)34-28(25-14-9-15-27(20-25)35-2)21-33-30(24-12-7-4-8-13-24)29(32-31(33)34)23-10-5-3-6-11-23/h3-21H,1-2H3. The van der Waals surface area contributed by atoms with Crippen molar-refractivity contribution >= 4 is 5.78 Å². The summed E-state index contributed by atoms with van der Waals surface area (Å²) in [6, 6.07) is 37.6. The van der Waals surface area contributed by atoms with Gasteiger partial charge in [-0.3, -0.25) is 8.97 Å². The van der Waals surface area contributed by atoms with Gasteiger partial charge in [0.25, 0.3) is 0 Å². The van der Waals surface area contributed by atoms with Crippen LogP contribution < -0.4 is 4.74 Å². The van der Waals surface area contributed by atoms with Crippen molar-refractivity contribution in [1.82, 2.24) is 14.0 Å². The normalized spacial score (nSPS) is 11.1. The molecule has 170 valence electrons. The Kier molecular flexibility index (Phi) is 5.19. The zero-order valence-corrected chi connectivity index (χ0v) is 19.7. The first-order valence-electron chi connectivity index (χ1n) is 11.7. The average molecular weight is 456 g/mol. The number of imidazole rings is 2. The highest BCUT2D eigenvalue weighted by Gasteiger charge is 2.22. The summed E-state index contributed by atoms with van der Waals surface area (Å²) in [5, 5.41) is 0. The van der Waals surface area contributed by atoms with Crippen molar-refractivity contribution in [1.29, 1.82) is 0 Å². The molecule has 0 spiro atoms. The van der Waals surface area contributed by atoms with E-state index in [4.69, 9.17) is 9.72 Å². The molecule has 2 aromatic heterocycles. The number of hydrogen-bond donors (Lipinski definition) is 0. The van der Waals surface area contributed by atoms with E-state index in [1.54, 1.807) is 7.11 Å². The van der Waals surface area contributed by atoms with Gasteiger partial charge in [0.1, 0.15) is 5.75 Å². The summed E-state index contributed by atoms with van der Waals surface area (Å²) < 4.78 is 9.98. The van der Waals surface area contributed by atoms with Gasteiger partial charge >= 0.3 is 0 Å². The third kappa shape index (κ3) is 3.69. The fourth-order valence-corrected chi connectivity index (χ4v) is 4.59. The summed E-state index contributed by atoms with van der Waals surface area (Å²) >= 11 is 0. The molecule has 6 rings (SSSR count). The van der Waals surface area contributed by atoms with Crippen LogP contribution in [0.3, 0.4) is 0 Å². The molecule has 0 aliphatic carbocycles. The Hall–Kier alpha value is -4.57. The Morgan fingerprint density at radius 3 is 2.03 bits per heavy atom. The van der Waals surface area contributed by atoms with E-state index in [9.17, 15) is 0 Å². The SMILES string of the molecule is COc1cccc(-c2cn3c(-c4ccccc4)c(-c4ccccc4)nc3n2-c2ccc(C)cc2)c1. The van der Waals surface area contributed by atoms with Crippen LogP contribution in [0, 0.1) is 6.92 Å². The second kappa shape index (κ2) is 8.65. The molecular weight excluding hydrogens is 430 g/mol. The van der Waals surface area contributed by atoms with Crippen LogP contribution in [0.1, 0.15) is 5.56 Å². The minimum atomic E-state index is 0.824. The highest BCUT2D eigenvalue weighted by Crippen LogP contribution is 2.37. The number of benzene rings is 4. The molecule has 4 heteroatoms. The number of aromatic nitrogens is 3. The minimum Gasteiger partial charge on any atom is -0.497 e. The topological polar surface area (TPSA) is 31.5 Å². The molecule has 4 aromatic carbocycles. The van der Waals surface area contributed by atoms with Gasteiger partial charge in [-0.2, -0.15) is 0 Å². The van der Waals surface area contributed by atoms with Crippen molar-refractivity contribution < 1.29 is 4.74 Å². The van der Waals surface area contributed by atoms with Crippen LogP contribution in [0.5, 0.6) is 5.75 Å². The molecule has 0 aliphatic rings. The molecule has 0 atom stereocenters. The van der Waals surface area contributed by atoms with E-state index >= 15 is 0 Å². The number of fused-ring (bicyclic) bond motifs is 1.